The molecular formula is C25H20N4O. The Morgan fingerprint density at radius 3 is 2.20 bits per heavy atom. The zero-order valence-corrected chi connectivity index (χ0v) is 16.2. The van der Waals surface area contributed by atoms with Crippen LogP contribution in [0.4, 0.5) is 28.4 Å². The summed E-state index contributed by atoms with van der Waals surface area (Å²) < 4.78 is 0. The molecule has 5 nitrogen and oxygen atoms in total. The number of fused-ring (bicyclic) bond motifs is 1. The van der Waals surface area contributed by atoms with E-state index in [0.29, 0.717) is 6.54 Å². The van der Waals surface area contributed by atoms with Crippen molar-refractivity contribution < 1.29 is 4.79 Å². The van der Waals surface area contributed by atoms with Crippen LogP contribution in [0.15, 0.2) is 97.3 Å². The van der Waals surface area contributed by atoms with Gasteiger partial charge in [-0.05, 0) is 66.2 Å². The molecule has 2 heterocycles. The van der Waals surface area contributed by atoms with Crippen LogP contribution in [-0.2, 0) is 6.54 Å². The van der Waals surface area contributed by atoms with Gasteiger partial charge in [-0.25, -0.2) is 0 Å². The van der Waals surface area contributed by atoms with Crippen LogP contribution in [0.5, 0.6) is 0 Å². The summed E-state index contributed by atoms with van der Waals surface area (Å²) in [7, 11) is 0. The quantitative estimate of drug-likeness (QED) is 0.455. The first-order valence-corrected chi connectivity index (χ1v) is 9.80. The van der Waals surface area contributed by atoms with Crippen LogP contribution in [0.1, 0.15) is 15.9 Å². The molecule has 0 atom stereocenters. The van der Waals surface area contributed by atoms with Crippen LogP contribution in [0.25, 0.3) is 0 Å². The van der Waals surface area contributed by atoms with E-state index in [1.807, 2.05) is 89.8 Å². The Bertz CT molecular complexity index is 1190. The van der Waals surface area contributed by atoms with Crippen LogP contribution < -0.4 is 15.5 Å². The number of carbonyl (C=O) groups is 1. The van der Waals surface area contributed by atoms with Gasteiger partial charge in [0, 0.05) is 46.4 Å². The predicted molar refractivity (Wildman–Crippen MR) is 121 cm³/mol. The number of carbonyl (C=O) groups excluding carboxylic acids is 1. The number of aromatic nitrogens is 1. The van der Waals surface area contributed by atoms with Crippen molar-refractivity contribution in [3.8, 4) is 0 Å². The van der Waals surface area contributed by atoms with Crippen LogP contribution in [0, 0.1) is 0 Å². The van der Waals surface area contributed by atoms with Gasteiger partial charge in [-0.3, -0.25) is 9.78 Å². The van der Waals surface area contributed by atoms with Crippen LogP contribution in [0.2, 0.25) is 0 Å². The summed E-state index contributed by atoms with van der Waals surface area (Å²) in [6, 6.07) is 27.6. The number of amides is 1. The van der Waals surface area contributed by atoms with E-state index in [9.17, 15) is 4.79 Å². The fraction of sp³-hybridized carbons (Fsp3) is 0.0400. The minimum atomic E-state index is 0.0253. The molecule has 1 aliphatic heterocycles. The molecule has 1 aliphatic rings. The van der Waals surface area contributed by atoms with Gasteiger partial charge in [0.25, 0.3) is 5.91 Å². The Labute approximate surface area is 175 Å². The summed E-state index contributed by atoms with van der Waals surface area (Å²) in [5, 5.41) is 6.75. The molecule has 1 amide bonds. The molecule has 2 N–H and O–H groups in total. The molecule has 0 bridgehead atoms. The molecule has 5 heteroatoms. The second-order valence-corrected chi connectivity index (χ2v) is 7.17. The summed E-state index contributed by atoms with van der Waals surface area (Å²) >= 11 is 0. The Hall–Kier alpha value is -4.12. The average Bonchev–Trinajstić information content (AvgIpc) is 3.11. The molecule has 0 saturated heterocycles. The first-order valence-electron chi connectivity index (χ1n) is 9.80. The van der Waals surface area contributed by atoms with Crippen molar-refractivity contribution >= 4 is 34.3 Å². The average molecular weight is 392 g/mol. The molecule has 5 rings (SSSR count). The molecule has 3 aromatic carbocycles. The highest BCUT2D eigenvalue weighted by Crippen LogP contribution is 2.32. The Balaban J connectivity index is 1.37. The lowest BCUT2D eigenvalue weighted by Crippen LogP contribution is -2.22. The number of nitrogens with zero attached hydrogens (tertiary/aromatic N) is 2. The smallest absolute Gasteiger partial charge is 0.258 e. The molecule has 0 fully saturated rings. The van der Waals surface area contributed by atoms with Gasteiger partial charge >= 0.3 is 0 Å². The minimum absolute atomic E-state index is 0.0253. The van der Waals surface area contributed by atoms with Gasteiger partial charge < -0.3 is 15.5 Å². The van der Waals surface area contributed by atoms with Crippen molar-refractivity contribution in [1.29, 1.82) is 0 Å². The molecule has 0 aliphatic carbocycles. The first-order chi connectivity index (χ1) is 14.8. The van der Waals surface area contributed by atoms with Crippen LogP contribution >= 0.6 is 0 Å². The van der Waals surface area contributed by atoms with Crippen molar-refractivity contribution in [2.75, 3.05) is 15.5 Å². The van der Waals surface area contributed by atoms with Crippen molar-refractivity contribution in [2.24, 2.45) is 0 Å². The largest absolute Gasteiger partial charge is 0.355 e. The topological polar surface area (TPSA) is 57.3 Å². The third kappa shape index (κ3) is 3.61. The number of para-hydroxylation sites is 1. The van der Waals surface area contributed by atoms with Crippen molar-refractivity contribution in [3.05, 3.63) is 108 Å². The van der Waals surface area contributed by atoms with E-state index in [0.717, 1.165) is 39.6 Å². The van der Waals surface area contributed by atoms with E-state index in [4.69, 9.17) is 0 Å². The van der Waals surface area contributed by atoms with Crippen LogP contribution in [-0.4, -0.2) is 10.9 Å². The summed E-state index contributed by atoms with van der Waals surface area (Å²) in [4.78, 5) is 18.9. The molecule has 1 aromatic heterocycles. The molecule has 0 saturated carbocycles. The monoisotopic (exact) mass is 392 g/mol. The summed E-state index contributed by atoms with van der Waals surface area (Å²) in [6.07, 6.45) is 3.49. The Morgan fingerprint density at radius 2 is 1.40 bits per heavy atom. The standard InChI is InChI=1S/C25H20N4O/c30-25-24-10-9-22(28-20-11-13-26-14-12-20)15-18(24)17-29(25)23-8-4-7-21(16-23)27-19-5-2-1-3-6-19/h1-16,27H,17H2,(H,26,28). The van der Waals surface area contributed by atoms with Gasteiger partial charge in [-0.2, -0.15) is 0 Å². The third-order valence-corrected chi connectivity index (χ3v) is 5.10. The number of hydrogen-bond donors (Lipinski definition) is 2. The highest BCUT2D eigenvalue weighted by Gasteiger charge is 2.28. The number of nitrogens with one attached hydrogen (secondary N) is 2. The Morgan fingerprint density at radius 1 is 0.700 bits per heavy atom. The lowest BCUT2D eigenvalue weighted by molar-refractivity contribution is 0.0996. The maximum atomic E-state index is 13.0. The van der Waals surface area contributed by atoms with Gasteiger partial charge in [0.1, 0.15) is 0 Å². The Kier molecular flexibility index (Phi) is 4.62. The highest BCUT2D eigenvalue weighted by molar-refractivity contribution is 6.10. The predicted octanol–water partition coefficient (Wildman–Crippen LogP) is 5.73. The normalized spacial score (nSPS) is 12.5. The summed E-state index contributed by atoms with van der Waals surface area (Å²) in [6.45, 7) is 0.550. The minimum Gasteiger partial charge on any atom is -0.355 e. The zero-order valence-electron chi connectivity index (χ0n) is 16.2. The molecule has 146 valence electrons. The van der Waals surface area contributed by atoms with E-state index in [1.165, 1.54) is 0 Å². The van der Waals surface area contributed by atoms with Gasteiger partial charge in [0.05, 0.1) is 6.54 Å². The number of hydrogen-bond acceptors (Lipinski definition) is 4. The van der Waals surface area contributed by atoms with E-state index in [1.54, 1.807) is 12.4 Å². The van der Waals surface area contributed by atoms with E-state index >= 15 is 0 Å². The SMILES string of the molecule is O=C1c2ccc(Nc3ccncc3)cc2CN1c1cccc(Nc2ccccc2)c1. The van der Waals surface area contributed by atoms with E-state index in [2.05, 4.69) is 15.6 Å². The van der Waals surface area contributed by atoms with Crippen LogP contribution in [0.3, 0.4) is 0 Å². The molecule has 30 heavy (non-hydrogen) atoms. The van der Waals surface area contributed by atoms with Crippen molar-refractivity contribution in [2.45, 2.75) is 6.54 Å². The summed E-state index contributed by atoms with van der Waals surface area (Å²) in [5.74, 6) is 0.0253. The fourth-order valence-corrected chi connectivity index (χ4v) is 3.65. The van der Waals surface area contributed by atoms with Crippen molar-refractivity contribution in [1.82, 2.24) is 4.98 Å². The van der Waals surface area contributed by atoms with E-state index in [-0.39, 0.29) is 5.91 Å². The summed E-state index contributed by atoms with van der Waals surface area (Å²) in [5.41, 5.74) is 6.51. The third-order valence-electron chi connectivity index (χ3n) is 5.10. The highest BCUT2D eigenvalue weighted by atomic mass is 16.2. The van der Waals surface area contributed by atoms with Gasteiger partial charge in [-0.1, -0.05) is 24.3 Å². The maximum Gasteiger partial charge on any atom is 0.258 e. The second kappa shape index (κ2) is 7.72. The molecule has 0 radical (unpaired) electrons. The first kappa shape index (κ1) is 17.9. The van der Waals surface area contributed by atoms with Gasteiger partial charge in [-0.15, -0.1) is 0 Å². The molecule has 0 unspecified atom stereocenters. The lowest BCUT2D eigenvalue weighted by Gasteiger charge is -2.17. The maximum absolute atomic E-state index is 13.0. The molecular weight excluding hydrogens is 372 g/mol. The van der Waals surface area contributed by atoms with Crippen molar-refractivity contribution in [3.63, 3.8) is 0 Å². The van der Waals surface area contributed by atoms with Gasteiger partial charge in [0.15, 0.2) is 0 Å². The molecule has 4 aromatic rings. The van der Waals surface area contributed by atoms with Gasteiger partial charge in [0.2, 0.25) is 0 Å². The zero-order chi connectivity index (χ0) is 20.3. The lowest BCUT2D eigenvalue weighted by atomic mass is 10.1. The number of benzene rings is 3. The van der Waals surface area contributed by atoms with E-state index < -0.39 is 0 Å². The number of rotatable bonds is 5. The second-order valence-electron chi connectivity index (χ2n) is 7.17. The number of anilines is 5. The molecule has 0 spiro atoms. The number of pyridine rings is 1. The fourth-order valence-electron chi connectivity index (χ4n) is 3.65.